The SMILES string of the molecule is O=C(Nc1nnc(-c2cccc(OC(F)(F)F)c2)s1)c1ccncc1. The van der Waals surface area contributed by atoms with Gasteiger partial charge < -0.3 is 4.74 Å². The number of hydrogen-bond donors (Lipinski definition) is 1. The highest BCUT2D eigenvalue weighted by Crippen LogP contribution is 2.31. The highest BCUT2D eigenvalue weighted by Gasteiger charge is 2.31. The number of alkyl halides is 3. The van der Waals surface area contributed by atoms with E-state index in [0.29, 0.717) is 16.1 Å². The van der Waals surface area contributed by atoms with E-state index < -0.39 is 6.36 Å². The van der Waals surface area contributed by atoms with E-state index in [1.807, 2.05) is 0 Å². The Balaban J connectivity index is 1.75. The highest BCUT2D eigenvalue weighted by atomic mass is 32.1. The first-order valence-corrected chi connectivity index (χ1v) is 7.63. The van der Waals surface area contributed by atoms with E-state index in [1.165, 1.54) is 42.7 Å². The molecular weight excluding hydrogens is 357 g/mol. The quantitative estimate of drug-likeness (QED) is 0.761. The highest BCUT2D eigenvalue weighted by molar-refractivity contribution is 7.18. The smallest absolute Gasteiger partial charge is 0.406 e. The predicted octanol–water partition coefficient (Wildman–Crippen LogP) is 3.75. The Morgan fingerprint density at radius 2 is 1.88 bits per heavy atom. The van der Waals surface area contributed by atoms with Crippen LogP contribution in [0.5, 0.6) is 5.75 Å². The molecule has 10 heteroatoms. The number of nitrogens with one attached hydrogen (secondary N) is 1. The van der Waals surface area contributed by atoms with Gasteiger partial charge in [0.1, 0.15) is 10.8 Å². The molecule has 25 heavy (non-hydrogen) atoms. The summed E-state index contributed by atoms with van der Waals surface area (Å²) in [6.45, 7) is 0. The summed E-state index contributed by atoms with van der Waals surface area (Å²) in [6, 6.07) is 8.43. The lowest BCUT2D eigenvalue weighted by molar-refractivity contribution is -0.274. The number of carbonyl (C=O) groups excluding carboxylic acids is 1. The summed E-state index contributed by atoms with van der Waals surface area (Å²) in [5.74, 6) is -0.748. The number of ether oxygens (including phenoxy) is 1. The van der Waals surface area contributed by atoms with Crippen LogP contribution in [0, 0.1) is 0 Å². The predicted molar refractivity (Wildman–Crippen MR) is 84.2 cm³/mol. The van der Waals surface area contributed by atoms with Gasteiger partial charge in [-0.1, -0.05) is 23.5 Å². The lowest BCUT2D eigenvalue weighted by Crippen LogP contribution is -2.17. The van der Waals surface area contributed by atoms with E-state index in [1.54, 1.807) is 6.07 Å². The monoisotopic (exact) mass is 366 g/mol. The van der Waals surface area contributed by atoms with Crippen molar-refractivity contribution in [2.75, 3.05) is 5.32 Å². The Hall–Kier alpha value is -3.01. The number of amides is 1. The summed E-state index contributed by atoms with van der Waals surface area (Å²) in [6.07, 6.45) is -1.82. The van der Waals surface area contributed by atoms with Gasteiger partial charge in [-0.3, -0.25) is 15.1 Å². The standard InChI is InChI=1S/C15H9F3N4O2S/c16-15(17,18)24-11-3-1-2-10(8-11)13-21-22-14(25-13)20-12(23)9-4-6-19-7-5-9/h1-8H,(H,20,22,23). The number of halogens is 3. The average molecular weight is 366 g/mol. The van der Waals surface area contributed by atoms with Crippen LogP contribution in [0.25, 0.3) is 10.6 Å². The van der Waals surface area contributed by atoms with Crippen LogP contribution in [0.15, 0.2) is 48.8 Å². The van der Waals surface area contributed by atoms with Gasteiger partial charge in [0.25, 0.3) is 5.91 Å². The molecule has 2 aromatic heterocycles. The van der Waals surface area contributed by atoms with Gasteiger partial charge in [0.05, 0.1) is 0 Å². The van der Waals surface area contributed by atoms with Crippen LogP contribution < -0.4 is 10.1 Å². The molecule has 3 aromatic rings. The van der Waals surface area contributed by atoms with Crippen LogP contribution in [0.4, 0.5) is 18.3 Å². The largest absolute Gasteiger partial charge is 0.573 e. The summed E-state index contributed by atoms with van der Waals surface area (Å²) in [5.41, 5.74) is 0.788. The van der Waals surface area contributed by atoms with Crippen molar-refractivity contribution in [3.8, 4) is 16.3 Å². The Morgan fingerprint density at radius 1 is 1.12 bits per heavy atom. The number of rotatable bonds is 4. The fraction of sp³-hybridized carbons (Fsp3) is 0.0667. The molecule has 0 radical (unpaired) electrons. The molecule has 0 unspecified atom stereocenters. The second kappa shape index (κ2) is 6.85. The van der Waals surface area contributed by atoms with Gasteiger partial charge >= 0.3 is 6.36 Å². The Labute approximate surface area is 143 Å². The van der Waals surface area contributed by atoms with Crippen molar-refractivity contribution < 1.29 is 22.7 Å². The van der Waals surface area contributed by atoms with Crippen LogP contribution in [0.3, 0.4) is 0 Å². The van der Waals surface area contributed by atoms with E-state index in [-0.39, 0.29) is 16.8 Å². The van der Waals surface area contributed by atoms with Crippen molar-refractivity contribution in [3.05, 3.63) is 54.4 Å². The Morgan fingerprint density at radius 3 is 2.60 bits per heavy atom. The summed E-state index contributed by atoms with van der Waals surface area (Å²) >= 11 is 1.03. The van der Waals surface area contributed by atoms with Crippen molar-refractivity contribution >= 4 is 22.4 Å². The number of benzene rings is 1. The molecule has 1 N–H and O–H groups in total. The first-order valence-electron chi connectivity index (χ1n) is 6.82. The maximum absolute atomic E-state index is 12.3. The Bertz CT molecular complexity index is 884. The number of anilines is 1. The molecule has 0 saturated carbocycles. The zero-order valence-electron chi connectivity index (χ0n) is 12.3. The summed E-state index contributed by atoms with van der Waals surface area (Å²) in [7, 11) is 0. The molecule has 6 nitrogen and oxygen atoms in total. The molecule has 0 atom stereocenters. The molecule has 2 heterocycles. The lowest BCUT2D eigenvalue weighted by Gasteiger charge is -2.08. The molecule has 0 saturated heterocycles. The molecule has 1 aromatic carbocycles. The third-order valence-electron chi connectivity index (χ3n) is 2.90. The minimum Gasteiger partial charge on any atom is -0.406 e. The van der Waals surface area contributed by atoms with Gasteiger partial charge in [-0.2, -0.15) is 0 Å². The fourth-order valence-corrected chi connectivity index (χ4v) is 2.62. The van der Waals surface area contributed by atoms with E-state index in [9.17, 15) is 18.0 Å². The van der Waals surface area contributed by atoms with Gasteiger partial charge in [-0.15, -0.1) is 23.4 Å². The number of hydrogen-bond acceptors (Lipinski definition) is 6. The van der Waals surface area contributed by atoms with Crippen molar-refractivity contribution in [3.63, 3.8) is 0 Å². The van der Waals surface area contributed by atoms with Gasteiger partial charge in [0.2, 0.25) is 5.13 Å². The zero-order chi connectivity index (χ0) is 17.9. The van der Waals surface area contributed by atoms with Gasteiger partial charge in [-0.25, -0.2) is 0 Å². The third-order valence-corrected chi connectivity index (χ3v) is 3.79. The van der Waals surface area contributed by atoms with E-state index in [0.717, 1.165) is 11.3 Å². The maximum Gasteiger partial charge on any atom is 0.573 e. The summed E-state index contributed by atoms with van der Waals surface area (Å²) < 4.78 is 40.7. The topological polar surface area (TPSA) is 77.0 Å². The average Bonchev–Trinajstić information content (AvgIpc) is 3.03. The molecule has 0 fully saturated rings. The number of pyridine rings is 1. The molecular formula is C15H9F3N4O2S. The van der Waals surface area contributed by atoms with Crippen molar-refractivity contribution in [1.82, 2.24) is 15.2 Å². The lowest BCUT2D eigenvalue weighted by atomic mass is 10.2. The van der Waals surface area contributed by atoms with Crippen LogP contribution >= 0.6 is 11.3 Å². The third kappa shape index (κ3) is 4.51. The molecule has 1 amide bonds. The van der Waals surface area contributed by atoms with E-state index in [4.69, 9.17) is 0 Å². The fourth-order valence-electron chi connectivity index (χ4n) is 1.89. The first-order chi connectivity index (χ1) is 11.9. The number of carbonyl (C=O) groups is 1. The van der Waals surface area contributed by atoms with E-state index in [2.05, 4.69) is 25.2 Å². The molecule has 0 bridgehead atoms. The van der Waals surface area contributed by atoms with E-state index >= 15 is 0 Å². The minimum absolute atomic E-state index is 0.221. The molecule has 0 aliphatic rings. The van der Waals surface area contributed by atoms with Crippen LogP contribution in [0.2, 0.25) is 0 Å². The second-order valence-electron chi connectivity index (χ2n) is 4.68. The van der Waals surface area contributed by atoms with Crippen LogP contribution in [-0.2, 0) is 0 Å². The van der Waals surface area contributed by atoms with Gasteiger partial charge in [0.15, 0.2) is 0 Å². The van der Waals surface area contributed by atoms with Crippen LogP contribution in [-0.4, -0.2) is 27.5 Å². The zero-order valence-corrected chi connectivity index (χ0v) is 13.1. The molecule has 0 spiro atoms. The van der Waals surface area contributed by atoms with Crippen molar-refractivity contribution in [2.24, 2.45) is 0 Å². The number of nitrogens with zero attached hydrogens (tertiary/aromatic N) is 3. The maximum atomic E-state index is 12.3. The summed E-state index contributed by atoms with van der Waals surface area (Å²) in [4.78, 5) is 15.8. The molecule has 0 aliphatic heterocycles. The van der Waals surface area contributed by atoms with Gasteiger partial charge in [-0.05, 0) is 24.3 Å². The summed E-state index contributed by atoms with van der Waals surface area (Å²) in [5, 5.41) is 10.8. The number of aromatic nitrogens is 3. The first kappa shape index (κ1) is 16.8. The van der Waals surface area contributed by atoms with Crippen molar-refractivity contribution in [1.29, 1.82) is 0 Å². The second-order valence-corrected chi connectivity index (χ2v) is 5.66. The molecule has 3 rings (SSSR count). The normalized spacial score (nSPS) is 11.2. The van der Waals surface area contributed by atoms with Crippen molar-refractivity contribution in [2.45, 2.75) is 6.36 Å². The van der Waals surface area contributed by atoms with Crippen LogP contribution in [0.1, 0.15) is 10.4 Å². The van der Waals surface area contributed by atoms with Gasteiger partial charge in [0, 0.05) is 23.5 Å². The molecule has 0 aliphatic carbocycles. The Kier molecular flexibility index (Phi) is 4.61. The molecule has 128 valence electrons. The minimum atomic E-state index is -4.77.